The van der Waals surface area contributed by atoms with E-state index in [1.165, 1.54) is 12.1 Å². The number of imidazole rings is 1. The van der Waals surface area contributed by atoms with Gasteiger partial charge in [0, 0.05) is 18.7 Å². The molecule has 1 aliphatic heterocycles. The van der Waals surface area contributed by atoms with Crippen LogP contribution in [0.4, 0.5) is 4.39 Å². The number of hydrogen-bond acceptors (Lipinski definition) is 2. The lowest BCUT2D eigenvalue weighted by Crippen LogP contribution is -2.41. The molecule has 4 nitrogen and oxygen atoms in total. The molecule has 0 saturated heterocycles. The maximum absolute atomic E-state index is 14.1. The zero-order valence-electron chi connectivity index (χ0n) is 12.9. The maximum Gasteiger partial charge on any atom is 0.257 e. The summed E-state index contributed by atoms with van der Waals surface area (Å²) in [6.07, 6.45) is 2.33. The fourth-order valence-electron chi connectivity index (χ4n) is 3.26. The zero-order valence-corrected chi connectivity index (χ0v) is 12.9. The second kappa shape index (κ2) is 5.92. The summed E-state index contributed by atoms with van der Waals surface area (Å²) in [6, 6.07) is 15.5. The van der Waals surface area contributed by atoms with Crippen molar-refractivity contribution in [3.63, 3.8) is 0 Å². The molecule has 0 aliphatic carbocycles. The minimum Gasteiger partial charge on any atom is -0.348 e. The largest absolute Gasteiger partial charge is 0.348 e. The van der Waals surface area contributed by atoms with E-state index in [1.807, 2.05) is 30.3 Å². The summed E-state index contributed by atoms with van der Waals surface area (Å²) >= 11 is 0. The van der Waals surface area contributed by atoms with Crippen LogP contribution in [0.5, 0.6) is 0 Å². The molecule has 1 aliphatic rings. The molecule has 2 aromatic carbocycles. The number of H-pyrrole nitrogens is 1. The second-order valence-corrected chi connectivity index (χ2v) is 5.81. The van der Waals surface area contributed by atoms with E-state index in [9.17, 15) is 9.18 Å². The van der Waals surface area contributed by atoms with Gasteiger partial charge in [0.15, 0.2) is 0 Å². The molecule has 120 valence electrons. The molecule has 1 aromatic heterocycles. The Hall–Kier alpha value is -2.95. The van der Waals surface area contributed by atoms with E-state index >= 15 is 0 Å². The van der Waals surface area contributed by atoms with E-state index in [4.69, 9.17) is 0 Å². The van der Waals surface area contributed by atoms with Gasteiger partial charge in [-0.1, -0.05) is 42.5 Å². The SMILES string of the molecule is O=C(c1ccccc1F)N1CCc2[nH]cnc2C1c1ccccc1. The molecular formula is C19H16FN3O. The van der Waals surface area contributed by atoms with Gasteiger partial charge in [0.05, 0.1) is 17.6 Å². The summed E-state index contributed by atoms with van der Waals surface area (Å²) in [5.41, 5.74) is 2.92. The number of nitrogens with one attached hydrogen (secondary N) is 1. The van der Waals surface area contributed by atoms with Crippen molar-refractivity contribution in [2.45, 2.75) is 12.5 Å². The number of hydrogen-bond donors (Lipinski definition) is 1. The van der Waals surface area contributed by atoms with Crippen LogP contribution < -0.4 is 0 Å². The van der Waals surface area contributed by atoms with Crippen molar-refractivity contribution in [1.29, 1.82) is 0 Å². The fraction of sp³-hybridized carbons (Fsp3) is 0.158. The van der Waals surface area contributed by atoms with E-state index in [2.05, 4.69) is 9.97 Å². The number of carbonyl (C=O) groups excluding carboxylic acids is 1. The van der Waals surface area contributed by atoms with Crippen LogP contribution in [0.3, 0.4) is 0 Å². The minimum absolute atomic E-state index is 0.0948. The highest BCUT2D eigenvalue weighted by Gasteiger charge is 2.35. The number of fused-ring (bicyclic) bond motifs is 1. The molecule has 0 radical (unpaired) electrons. The van der Waals surface area contributed by atoms with E-state index < -0.39 is 5.82 Å². The third-order valence-corrected chi connectivity index (χ3v) is 4.41. The number of aromatic nitrogens is 2. The Kier molecular flexibility index (Phi) is 3.61. The molecule has 2 heterocycles. The summed E-state index contributed by atoms with van der Waals surface area (Å²) < 4.78 is 14.1. The van der Waals surface area contributed by atoms with E-state index in [0.29, 0.717) is 13.0 Å². The van der Waals surface area contributed by atoms with Gasteiger partial charge in [-0.15, -0.1) is 0 Å². The zero-order chi connectivity index (χ0) is 16.5. The first-order chi connectivity index (χ1) is 11.8. The van der Waals surface area contributed by atoms with Crippen molar-refractivity contribution in [1.82, 2.24) is 14.9 Å². The highest BCUT2D eigenvalue weighted by atomic mass is 19.1. The first-order valence-corrected chi connectivity index (χ1v) is 7.88. The van der Waals surface area contributed by atoms with Crippen LogP contribution in [0.1, 0.15) is 33.4 Å². The van der Waals surface area contributed by atoms with E-state index in [0.717, 1.165) is 17.0 Å². The highest BCUT2D eigenvalue weighted by molar-refractivity contribution is 5.95. The second-order valence-electron chi connectivity index (χ2n) is 5.81. The Labute approximate surface area is 139 Å². The Bertz CT molecular complexity index is 875. The first kappa shape index (κ1) is 14.6. The lowest BCUT2D eigenvalue weighted by Gasteiger charge is -2.35. The van der Waals surface area contributed by atoms with Gasteiger partial charge in [-0.25, -0.2) is 9.37 Å². The van der Waals surface area contributed by atoms with Crippen molar-refractivity contribution >= 4 is 5.91 Å². The van der Waals surface area contributed by atoms with Gasteiger partial charge in [0.2, 0.25) is 0 Å². The van der Waals surface area contributed by atoms with Crippen molar-refractivity contribution in [2.75, 3.05) is 6.54 Å². The normalized spacial score (nSPS) is 16.7. The Balaban J connectivity index is 1.80. The summed E-state index contributed by atoms with van der Waals surface area (Å²) in [7, 11) is 0. The molecule has 0 spiro atoms. The molecule has 3 aromatic rings. The van der Waals surface area contributed by atoms with Gasteiger partial charge >= 0.3 is 0 Å². The molecule has 4 rings (SSSR count). The molecule has 1 amide bonds. The Morgan fingerprint density at radius 1 is 1.12 bits per heavy atom. The number of halogens is 1. The number of benzene rings is 2. The van der Waals surface area contributed by atoms with Crippen LogP contribution in [-0.4, -0.2) is 27.3 Å². The van der Waals surface area contributed by atoms with Crippen LogP contribution in [-0.2, 0) is 6.42 Å². The number of aromatic amines is 1. The molecule has 0 bridgehead atoms. The van der Waals surface area contributed by atoms with E-state index in [1.54, 1.807) is 23.4 Å². The molecule has 1 N–H and O–H groups in total. The minimum atomic E-state index is -0.498. The van der Waals surface area contributed by atoms with Gasteiger partial charge in [0.25, 0.3) is 5.91 Å². The maximum atomic E-state index is 14.1. The Morgan fingerprint density at radius 2 is 1.88 bits per heavy atom. The third-order valence-electron chi connectivity index (χ3n) is 4.41. The number of carbonyl (C=O) groups is 1. The Morgan fingerprint density at radius 3 is 2.67 bits per heavy atom. The molecule has 0 fully saturated rings. The molecule has 24 heavy (non-hydrogen) atoms. The third kappa shape index (κ3) is 2.38. The summed E-state index contributed by atoms with van der Waals surface area (Å²) in [5.74, 6) is -0.808. The summed E-state index contributed by atoms with van der Waals surface area (Å²) in [5, 5.41) is 0. The predicted octanol–water partition coefficient (Wildman–Crippen LogP) is 3.34. The van der Waals surface area contributed by atoms with Crippen molar-refractivity contribution in [3.05, 3.63) is 89.3 Å². The average Bonchev–Trinajstić information content (AvgIpc) is 3.10. The lowest BCUT2D eigenvalue weighted by molar-refractivity contribution is 0.0686. The average molecular weight is 321 g/mol. The molecule has 1 unspecified atom stereocenters. The first-order valence-electron chi connectivity index (χ1n) is 7.88. The summed E-state index contributed by atoms with van der Waals surface area (Å²) in [6.45, 7) is 0.516. The van der Waals surface area contributed by atoms with Crippen LogP contribution >= 0.6 is 0 Å². The summed E-state index contributed by atoms with van der Waals surface area (Å²) in [4.78, 5) is 22.3. The number of rotatable bonds is 2. The van der Waals surface area contributed by atoms with Gasteiger partial charge in [-0.3, -0.25) is 4.79 Å². The fourth-order valence-corrected chi connectivity index (χ4v) is 3.26. The van der Waals surface area contributed by atoms with Crippen LogP contribution in [0, 0.1) is 5.82 Å². The highest BCUT2D eigenvalue weighted by Crippen LogP contribution is 2.34. The van der Waals surface area contributed by atoms with Crippen LogP contribution in [0.15, 0.2) is 60.9 Å². The van der Waals surface area contributed by atoms with Crippen LogP contribution in [0.2, 0.25) is 0 Å². The molecular weight excluding hydrogens is 305 g/mol. The van der Waals surface area contributed by atoms with Gasteiger partial charge < -0.3 is 9.88 Å². The topological polar surface area (TPSA) is 49.0 Å². The van der Waals surface area contributed by atoms with Crippen molar-refractivity contribution < 1.29 is 9.18 Å². The van der Waals surface area contributed by atoms with E-state index in [-0.39, 0.29) is 17.5 Å². The van der Waals surface area contributed by atoms with Crippen molar-refractivity contribution in [3.8, 4) is 0 Å². The quantitative estimate of drug-likeness (QED) is 0.787. The van der Waals surface area contributed by atoms with Gasteiger partial charge in [0.1, 0.15) is 11.9 Å². The molecule has 1 atom stereocenters. The van der Waals surface area contributed by atoms with Crippen LogP contribution in [0.25, 0.3) is 0 Å². The van der Waals surface area contributed by atoms with Gasteiger partial charge in [-0.2, -0.15) is 0 Å². The smallest absolute Gasteiger partial charge is 0.257 e. The standard InChI is InChI=1S/C19H16FN3O/c20-15-9-5-4-8-14(15)19(24)23-11-10-16-17(22-12-21-16)18(23)13-6-2-1-3-7-13/h1-9,12,18H,10-11H2,(H,21,22). The number of amides is 1. The lowest BCUT2D eigenvalue weighted by atomic mass is 9.95. The monoisotopic (exact) mass is 321 g/mol. The predicted molar refractivity (Wildman–Crippen MR) is 88.0 cm³/mol. The van der Waals surface area contributed by atoms with Gasteiger partial charge in [-0.05, 0) is 17.7 Å². The molecule has 0 saturated carbocycles. The molecule has 5 heteroatoms. The van der Waals surface area contributed by atoms with Crippen molar-refractivity contribution in [2.24, 2.45) is 0 Å². The number of nitrogens with zero attached hydrogens (tertiary/aromatic N) is 2.